The molecule has 24 heavy (non-hydrogen) atoms. The highest BCUT2D eigenvalue weighted by atomic mass is 15.4. The van der Waals surface area contributed by atoms with Gasteiger partial charge in [0.1, 0.15) is 6.33 Å². The van der Waals surface area contributed by atoms with E-state index >= 15 is 0 Å². The summed E-state index contributed by atoms with van der Waals surface area (Å²) in [5, 5.41) is 16.6. The van der Waals surface area contributed by atoms with Crippen molar-refractivity contribution in [2.24, 2.45) is 5.10 Å². The number of hydrogen-bond donors (Lipinski definition) is 1. The summed E-state index contributed by atoms with van der Waals surface area (Å²) in [7, 11) is 0. The first-order valence-electron chi connectivity index (χ1n) is 8.12. The Balaban J connectivity index is 1.32. The summed E-state index contributed by atoms with van der Waals surface area (Å²) in [6.45, 7) is 3.08. The molecular weight excluding hydrogens is 302 g/mol. The summed E-state index contributed by atoms with van der Waals surface area (Å²) in [4.78, 5) is 2.47. The molecule has 1 aliphatic rings. The first-order valence-corrected chi connectivity index (χ1v) is 8.12. The first kappa shape index (κ1) is 14.8. The monoisotopic (exact) mass is 321 g/mol. The number of hydrogen-bond acceptors (Lipinski definition) is 6. The number of hydrazone groups is 1. The number of likely N-dealkylation sites (tertiary alicyclic amines) is 1. The lowest BCUT2D eigenvalue weighted by Crippen LogP contribution is -2.33. The van der Waals surface area contributed by atoms with Gasteiger partial charge in [0.25, 0.3) is 0 Å². The van der Waals surface area contributed by atoms with Crippen LogP contribution in [-0.2, 0) is 6.54 Å². The van der Waals surface area contributed by atoms with Gasteiger partial charge in [-0.2, -0.15) is 9.62 Å². The fraction of sp³-hybridized carbons (Fsp3) is 0.294. The van der Waals surface area contributed by atoms with Crippen molar-refractivity contribution >= 4 is 17.2 Å². The fourth-order valence-electron chi connectivity index (χ4n) is 2.85. The molecule has 1 fully saturated rings. The van der Waals surface area contributed by atoms with Crippen LogP contribution in [0, 0.1) is 0 Å². The fourth-order valence-corrected chi connectivity index (χ4v) is 2.85. The third-order valence-corrected chi connectivity index (χ3v) is 4.17. The van der Waals surface area contributed by atoms with E-state index in [1.54, 1.807) is 10.8 Å². The molecule has 1 aliphatic heterocycles. The molecule has 0 amide bonds. The zero-order valence-corrected chi connectivity index (χ0v) is 13.3. The molecular formula is C17H19N7. The normalized spacial score (nSPS) is 15.6. The summed E-state index contributed by atoms with van der Waals surface area (Å²) < 4.78 is 1.63. The smallest absolute Gasteiger partial charge is 0.177 e. The van der Waals surface area contributed by atoms with Crippen molar-refractivity contribution in [1.82, 2.24) is 24.7 Å². The van der Waals surface area contributed by atoms with Crippen molar-refractivity contribution in [2.75, 3.05) is 18.5 Å². The maximum absolute atomic E-state index is 4.51. The first-order chi connectivity index (χ1) is 11.9. The molecule has 1 saturated heterocycles. The average Bonchev–Trinajstić information content (AvgIpc) is 3.10. The van der Waals surface area contributed by atoms with Crippen LogP contribution in [0.1, 0.15) is 18.4 Å². The molecule has 1 N–H and O–H groups in total. The predicted octanol–water partition coefficient (Wildman–Crippen LogP) is 2.19. The van der Waals surface area contributed by atoms with Crippen LogP contribution in [0.25, 0.3) is 5.65 Å². The van der Waals surface area contributed by atoms with Crippen molar-refractivity contribution in [3.8, 4) is 0 Å². The van der Waals surface area contributed by atoms with Gasteiger partial charge in [0.15, 0.2) is 11.5 Å². The summed E-state index contributed by atoms with van der Waals surface area (Å²) in [5.74, 6) is 0.696. The van der Waals surface area contributed by atoms with Gasteiger partial charge in [-0.15, -0.1) is 15.3 Å². The lowest BCUT2D eigenvalue weighted by molar-refractivity contribution is 0.266. The highest BCUT2D eigenvalue weighted by molar-refractivity contribution is 5.86. The van der Waals surface area contributed by atoms with Crippen LogP contribution in [0.5, 0.6) is 0 Å². The summed E-state index contributed by atoms with van der Waals surface area (Å²) in [6.07, 6.45) is 3.54. The molecule has 7 heteroatoms. The van der Waals surface area contributed by atoms with E-state index in [0.29, 0.717) is 5.82 Å². The Kier molecular flexibility index (Phi) is 4.16. The van der Waals surface area contributed by atoms with E-state index < -0.39 is 0 Å². The van der Waals surface area contributed by atoms with E-state index in [-0.39, 0.29) is 0 Å². The maximum Gasteiger partial charge on any atom is 0.177 e. The molecule has 0 unspecified atom stereocenters. The number of anilines is 1. The van der Waals surface area contributed by atoms with E-state index in [0.717, 1.165) is 38.1 Å². The molecule has 3 heterocycles. The van der Waals surface area contributed by atoms with Gasteiger partial charge in [0.05, 0.1) is 0 Å². The van der Waals surface area contributed by atoms with Crippen LogP contribution in [0.2, 0.25) is 0 Å². The number of aromatic nitrogens is 4. The number of fused-ring (bicyclic) bond motifs is 1. The lowest BCUT2D eigenvalue weighted by atomic mass is 10.1. The van der Waals surface area contributed by atoms with Crippen LogP contribution in [0.3, 0.4) is 0 Å². The van der Waals surface area contributed by atoms with Crippen molar-refractivity contribution in [3.63, 3.8) is 0 Å². The zero-order valence-electron chi connectivity index (χ0n) is 13.3. The van der Waals surface area contributed by atoms with E-state index in [9.17, 15) is 0 Å². The second-order valence-electron chi connectivity index (χ2n) is 5.90. The van der Waals surface area contributed by atoms with Crippen LogP contribution in [0.4, 0.5) is 5.82 Å². The van der Waals surface area contributed by atoms with Gasteiger partial charge < -0.3 is 0 Å². The number of nitrogens with zero attached hydrogens (tertiary/aromatic N) is 6. The molecule has 0 spiro atoms. The number of piperidine rings is 1. The van der Waals surface area contributed by atoms with Crippen LogP contribution >= 0.6 is 0 Å². The van der Waals surface area contributed by atoms with Gasteiger partial charge in [-0.05, 0) is 17.7 Å². The van der Waals surface area contributed by atoms with Gasteiger partial charge in [-0.1, -0.05) is 30.3 Å². The number of rotatable bonds is 4. The van der Waals surface area contributed by atoms with Gasteiger partial charge in [0, 0.05) is 38.2 Å². The van der Waals surface area contributed by atoms with Gasteiger partial charge in [-0.3, -0.25) is 10.3 Å². The molecule has 0 atom stereocenters. The molecule has 0 radical (unpaired) electrons. The highest BCUT2D eigenvalue weighted by Crippen LogP contribution is 2.12. The standard InChI is InChI=1S/C17H19N7/c1-2-4-14(5-3-1)12-23-10-8-15(9-11-23)19-20-16-6-7-17-21-18-13-24(17)22-16/h1-7,13H,8-12H2,(H,20,22). The molecule has 0 bridgehead atoms. The molecule has 2 aromatic heterocycles. The van der Waals surface area contributed by atoms with Crippen LogP contribution < -0.4 is 5.43 Å². The van der Waals surface area contributed by atoms with Crippen LogP contribution in [0.15, 0.2) is 53.9 Å². The second kappa shape index (κ2) is 6.76. The van der Waals surface area contributed by atoms with E-state index in [1.807, 2.05) is 12.1 Å². The molecule has 7 nitrogen and oxygen atoms in total. The van der Waals surface area contributed by atoms with Gasteiger partial charge >= 0.3 is 0 Å². The third-order valence-electron chi connectivity index (χ3n) is 4.17. The lowest BCUT2D eigenvalue weighted by Gasteiger charge is -2.27. The quantitative estimate of drug-likeness (QED) is 0.746. The Labute approximate surface area is 140 Å². The summed E-state index contributed by atoms with van der Waals surface area (Å²) in [6, 6.07) is 14.3. The molecule has 4 rings (SSSR count). The maximum atomic E-state index is 4.51. The topological polar surface area (TPSA) is 70.7 Å². The van der Waals surface area contributed by atoms with Crippen molar-refractivity contribution < 1.29 is 0 Å². The number of nitrogens with one attached hydrogen (secondary N) is 1. The Morgan fingerprint density at radius 3 is 2.71 bits per heavy atom. The van der Waals surface area contributed by atoms with Crippen molar-refractivity contribution in [1.29, 1.82) is 0 Å². The summed E-state index contributed by atoms with van der Waals surface area (Å²) >= 11 is 0. The Hall–Kier alpha value is -2.80. The molecule has 0 aliphatic carbocycles. The number of benzene rings is 1. The SMILES string of the molecule is c1ccc(CN2CCC(=NNc3ccc4nncn4n3)CC2)cc1. The van der Waals surface area contributed by atoms with E-state index in [1.165, 1.54) is 11.3 Å². The minimum Gasteiger partial charge on any atom is -0.298 e. The van der Waals surface area contributed by atoms with Gasteiger partial charge in [-0.25, -0.2) is 0 Å². The second-order valence-corrected chi connectivity index (χ2v) is 5.90. The molecule has 0 saturated carbocycles. The molecule has 3 aromatic rings. The minimum atomic E-state index is 0.696. The molecule has 1 aromatic carbocycles. The summed E-state index contributed by atoms with van der Waals surface area (Å²) in [5.41, 5.74) is 6.32. The largest absolute Gasteiger partial charge is 0.298 e. The molecule has 122 valence electrons. The minimum absolute atomic E-state index is 0.696. The third kappa shape index (κ3) is 3.41. The van der Waals surface area contributed by atoms with Crippen molar-refractivity contribution in [2.45, 2.75) is 19.4 Å². The Bertz CT molecular complexity index is 830. The highest BCUT2D eigenvalue weighted by Gasteiger charge is 2.15. The van der Waals surface area contributed by atoms with Crippen molar-refractivity contribution in [3.05, 3.63) is 54.4 Å². The van der Waals surface area contributed by atoms with Crippen LogP contribution in [-0.4, -0.2) is 43.5 Å². The van der Waals surface area contributed by atoms with Gasteiger partial charge in [0.2, 0.25) is 0 Å². The Morgan fingerprint density at radius 1 is 1.04 bits per heavy atom. The zero-order chi connectivity index (χ0) is 16.2. The average molecular weight is 321 g/mol. The van der Waals surface area contributed by atoms with E-state index in [4.69, 9.17) is 0 Å². The van der Waals surface area contributed by atoms with E-state index in [2.05, 4.69) is 61.1 Å². The predicted molar refractivity (Wildman–Crippen MR) is 92.8 cm³/mol. The Morgan fingerprint density at radius 2 is 1.88 bits per heavy atom.